The van der Waals surface area contributed by atoms with E-state index in [1.54, 1.807) is 35.6 Å². The number of hydrogen-bond donors (Lipinski definition) is 1. The molecule has 1 N–H and O–H groups in total. The Kier molecular flexibility index (Phi) is 4.39. The standard InChI is InChI=1S/C23H22FN5O2/c1-14-25-15(2)29(27-14)13-20(30)28-12-11-23(21(28)16-7-9-17(24)10-8-16)18-5-3-4-6-19(18)26-22(23)31/h3-10,21H,11-13H2,1-2H3,(H,26,31)/t21-,23+/m0/s1. The van der Waals surface area contributed by atoms with Crippen molar-refractivity contribution in [2.24, 2.45) is 0 Å². The molecule has 8 heteroatoms. The Morgan fingerprint density at radius 2 is 1.94 bits per heavy atom. The highest BCUT2D eigenvalue weighted by Gasteiger charge is 2.59. The van der Waals surface area contributed by atoms with Crippen LogP contribution < -0.4 is 5.32 Å². The number of benzene rings is 2. The van der Waals surface area contributed by atoms with E-state index < -0.39 is 11.5 Å². The average molecular weight is 419 g/mol. The van der Waals surface area contributed by atoms with Crippen molar-refractivity contribution in [2.75, 3.05) is 11.9 Å². The summed E-state index contributed by atoms with van der Waals surface area (Å²) in [5.74, 6) is 0.602. The highest BCUT2D eigenvalue weighted by molar-refractivity contribution is 6.07. The highest BCUT2D eigenvalue weighted by Crippen LogP contribution is 2.54. The molecule has 0 aliphatic carbocycles. The summed E-state index contributed by atoms with van der Waals surface area (Å²) < 4.78 is 15.2. The van der Waals surface area contributed by atoms with Gasteiger partial charge in [-0.3, -0.25) is 9.59 Å². The van der Waals surface area contributed by atoms with Crippen molar-refractivity contribution in [2.45, 2.75) is 38.3 Å². The van der Waals surface area contributed by atoms with Gasteiger partial charge in [0, 0.05) is 12.2 Å². The van der Waals surface area contributed by atoms with Crippen molar-refractivity contribution < 1.29 is 14.0 Å². The first-order chi connectivity index (χ1) is 14.9. The lowest BCUT2D eigenvalue weighted by molar-refractivity contribution is -0.134. The third-order valence-corrected chi connectivity index (χ3v) is 6.34. The topological polar surface area (TPSA) is 80.1 Å². The van der Waals surface area contributed by atoms with Crippen LogP contribution in [0, 0.1) is 19.7 Å². The minimum atomic E-state index is -0.919. The molecule has 158 valence electrons. The number of aryl methyl sites for hydroxylation is 2. The van der Waals surface area contributed by atoms with Crippen LogP contribution in [0.25, 0.3) is 0 Å². The summed E-state index contributed by atoms with van der Waals surface area (Å²) >= 11 is 0. The fourth-order valence-corrected chi connectivity index (χ4v) is 4.99. The van der Waals surface area contributed by atoms with E-state index in [0.29, 0.717) is 24.6 Å². The quantitative estimate of drug-likeness (QED) is 0.708. The lowest BCUT2D eigenvalue weighted by Crippen LogP contribution is -2.43. The number of aromatic nitrogens is 3. The van der Waals surface area contributed by atoms with Crippen LogP contribution in [0.3, 0.4) is 0 Å². The van der Waals surface area contributed by atoms with Gasteiger partial charge in [0.2, 0.25) is 11.8 Å². The number of likely N-dealkylation sites (tertiary alicyclic amines) is 1. The summed E-state index contributed by atoms with van der Waals surface area (Å²) in [5.41, 5.74) is 1.44. The molecule has 1 saturated heterocycles. The van der Waals surface area contributed by atoms with Gasteiger partial charge < -0.3 is 10.2 Å². The molecule has 2 aromatic carbocycles. The van der Waals surface area contributed by atoms with Gasteiger partial charge in [-0.1, -0.05) is 30.3 Å². The van der Waals surface area contributed by atoms with Gasteiger partial charge in [-0.15, -0.1) is 0 Å². The zero-order valence-electron chi connectivity index (χ0n) is 17.3. The third-order valence-electron chi connectivity index (χ3n) is 6.34. The molecule has 3 heterocycles. The van der Waals surface area contributed by atoms with Crippen LogP contribution in [0.2, 0.25) is 0 Å². The molecule has 0 bridgehead atoms. The van der Waals surface area contributed by atoms with Gasteiger partial charge in [0.1, 0.15) is 29.4 Å². The molecular weight excluding hydrogens is 397 g/mol. The fraction of sp³-hybridized carbons (Fsp3) is 0.304. The van der Waals surface area contributed by atoms with E-state index in [4.69, 9.17) is 0 Å². The summed E-state index contributed by atoms with van der Waals surface area (Å²) in [6.07, 6.45) is 0.485. The summed E-state index contributed by atoms with van der Waals surface area (Å²) in [6.45, 7) is 4.02. The summed E-state index contributed by atoms with van der Waals surface area (Å²) in [7, 11) is 0. The molecule has 0 radical (unpaired) electrons. The summed E-state index contributed by atoms with van der Waals surface area (Å²) in [6, 6.07) is 13.1. The number of para-hydroxylation sites is 1. The molecule has 2 aliphatic rings. The van der Waals surface area contributed by atoms with Gasteiger partial charge in [-0.05, 0) is 49.6 Å². The molecule has 31 heavy (non-hydrogen) atoms. The van der Waals surface area contributed by atoms with Crippen LogP contribution in [-0.2, 0) is 21.5 Å². The molecule has 3 aromatic rings. The highest BCUT2D eigenvalue weighted by atomic mass is 19.1. The molecule has 5 rings (SSSR count). The van der Waals surface area contributed by atoms with Gasteiger partial charge in [-0.2, -0.15) is 5.10 Å². The molecule has 7 nitrogen and oxygen atoms in total. The van der Waals surface area contributed by atoms with Crippen LogP contribution >= 0.6 is 0 Å². The molecule has 2 amide bonds. The summed E-state index contributed by atoms with van der Waals surface area (Å²) in [5, 5.41) is 7.28. The number of amides is 2. The van der Waals surface area contributed by atoms with E-state index in [9.17, 15) is 14.0 Å². The van der Waals surface area contributed by atoms with Crippen molar-refractivity contribution in [3.63, 3.8) is 0 Å². The van der Waals surface area contributed by atoms with Crippen LogP contribution in [0.4, 0.5) is 10.1 Å². The largest absolute Gasteiger partial charge is 0.333 e. The SMILES string of the molecule is Cc1nc(C)n(CC(=O)N2CC[C@]3(C(=O)Nc4ccccc43)[C@@H]2c2ccc(F)cc2)n1. The van der Waals surface area contributed by atoms with Crippen molar-refractivity contribution in [1.29, 1.82) is 0 Å². The van der Waals surface area contributed by atoms with E-state index in [1.807, 2.05) is 24.3 Å². The fourth-order valence-electron chi connectivity index (χ4n) is 4.99. The normalized spacial score (nSPS) is 22.1. The number of nitrogens with zero attached hydrogens (tertiary/aromatic N) is 4. The maximum absolute atomic E-state index is 13.7. The zero-order valence-corrected chi connectivity index (χ0v) is 17.3. The maximum Gasteiger partial charge on any atom is 0.244 e. The minimum absolute atomic E-state index is 0.0315. The van der Waals surface area contributed by atoms with Crippen LogP contribution in [0.1, 0.15) is 35.2 Å². The van der Waals surface area contributed by atoms with E-state index >= 15 is 0 Å². The molecule has 0 saturated carbocycles. The van der Waals surface area contributed by atoms with Crippen molar-refractivity contribution in [3.8, 4) is 0 Å². The molecule has 1 aromatic heterocycles. The van der Waals surface area contributed by atoms with E-state index in [1.165, 1.54) is 12.1 Å². The Labute approximate surface area is 178 Å². The van der Waals surface area contributed by atoms with Crippen LogP contribution in [0.15, 0.2) is 48.5 Å². The second-order valence-electron chi connectivity index (χ2n) is 8.13. The Hall–Kier alpha value is -3.55. The second-order valence-corrected chi connectivity index (χ2v) is 8.13. The first-order valence-electron chi connectivity index (χ1n) is 10.2. The molecular formula is C23H22FN5O2. The van der Waals surface area contributed by atoms with E-state index in [0.717, 1.165) is 16.8 Å². The van der Waals surface area contributed by atoms with Gasteiger partial charge in [-0.25, -0.2) is 14.1 Å². The number of carbonyl (C=O) groups excluding carboxylic acids is 2. The van der Waals surface area contributed by atoms with Crippen molar-refractivity contribution >= 4 is 17.5 Å². The zero-order chi connectivity index (χ0) is 21.8. The van der Waals surface area contributed by atoms with Crippen LogP contribution in [-0.4, -0.2) is 38.0 Å². The smallest absolute Gasteiger partial charge is 0.244 e. The maximum atomic E-state index is 13.7. The van der Waals surface area contributed by atoms with Gasteiger partial charge >= 0.3 is 0 Å². The van der Waals surface area contributed by atoms with E-state index in [2.05, 4.69) is 15.4 Å². The first-order valence-corrected chi connectivity index (χ1v) is 10.2. The van der Waals surface area contributed by atoms with Gasteiger partial charge in [0.25, 0.3) is 0 Å². The molecule has 1 spiro atoms. The third kappa shape index (κ3) is 2.93. The monoisotopic (exact) mass is 419 g/mol. The van der Waals surface area contributed by atoms with Crippen molar-refractivity contribution in [1.82, 2.24) is 19.7 Å². The van der Waals surface area contributed by atoms with Gasteiger partial charge in [0.05, 0.1) is 6.04 Å². The Morgan fingerprint density at radius 1 is 1.19 bits per heavy atom. The number of nitrogens with one attached hydrogen (secondary N) is 1. The molecule has 2 atom stereocenters. The lowest BCUT2D eigenvalue weighted by Gasteiger charge is -2.34. The average Bonchev–Trinajstić information content (AvgIpc) is 3.38. The first kappa shape index (κ1) is 19.4. The molecule has 0 unspecified atom stereocenters. The molecule has 2 aliphatic heterocycles. The number of hydrogen-bond acceptors (Lipinski definition) is 4. The number of halogens is 1. The number of fused-ring (bicyclic) bond motifs is 2. The number of rotatable bonds is 3. The Bertz CT molecular complexity index is 1190. The molecule has 1 fully saturated rings. The van der Waals surface area contributed by atoms with E-state index in [-0.39, 0.29) is 24.2 Å². The number of anilines is 1. The Morgan fingerprint density at radius 3 is 2.65 bits per heavy atom. The second kappa shape index (κ2) is 7.01. The lowest BCUT2D eigenvalue weighted by atomic mass is 9.72. The minimum Gasteiger partial charge on any atom is -0.333 e. The predicted octanol–water partition coefficient (Wildman–Crippen LogP) is 2.90. The van der Waals surface area contributed by atoms with Crippen LogP contribution in [0.5, 0.6) is 0 Å². The Balaban J connectivity index is 1.59. The van der Waals surface area contributed by atoms with Crippen molar-refractivity contribution in [3.05, 3.63) is 77.1 Å². The van der Waals surface area contributed by atoms with Gasteiger partial charge in [0.15, 0.2) is 0 Å². The number of carbonyl (C=O) groups is 2. The summed E-state index contributed by atoms with van der Waals surface area (Å²) in [4.78, 5) is 32.7. The predicted molar refractivity (Wildman–Crippen MR) is 112 cm³/mol.